The molecule has 1 aromatic heterocycles. The second-order valence-corrected chi connectivity index (χ2v) is 7.19. The van der Waals surface area contributed by atoms with Gasteiger partial charge in [0.05, 0.1) is 17.9 Å². The van der Waals surface area contributed by atoms with Gasteiger partial charge in [-0.15, -0.1) is 29.8 Å². The van der Waals surface area contributed by atoms with Crippen LogP contribution in [-0.2, 0) is 21.1 Å². The van der Waals surface area contributed by atoms with Crippen molar-refractivity contribution in [1.82, 2.24) is 9.97 Å². The van der Waals surface area contributed by atoms with Crippen LogP contribution in [0.4, 0.5) is 4.39 Å². The van der Waals surface area contributed by atoms with Gasteiger partial charge in [0.1, 0.15) is 0 Å². The Balaban J connectivity index is 0.000000728. The zero-order chi connectivity index (χ0) is 19.9. The van der Waals surface area contributed by atoms with E-state index in [9.17, 15) is 4.39 Å². The molecule has 0 saturated carbocycles. The standard InChI is InChI=1S/C16H18FN2.C5H12O2.Pt/c1-10(2)14-9-18-16(15(19-14)11(3)4)12-5-7-13(17)8-6-12;1-4(6)3-5(2)7;/h5,7-11H,1-4H3;4-7H,3H2,1-2H3;/q-1;;. The summed E-state index contributed by atoms with van der Waals surface area (Å²) in [5.41, 5.74) is 3.50. The number of aromatic nitrogens is 2. The first-order valence-electron chi connectivity index (χ1n) is 9.02. The summed E-state index contributed by atoms with van der Waals surface area (Å²) in [5.74, 6) is 0.317. The molecule has 0 aliphatic heterocycles. The molecule has 2 atom stereocenters. The van der Waals surface area contributed by atoms with Crippen LogP contribution >= 0.6 is 0 Å². The molecule has 1 heterocycles. The summed E-state index contributed by atoms with van der Waals surface area (Å²) in [5, 5.41) is 17.1. The fourth-order valence-corrected chi connectivity index (χ4v) is 2.35. The van der Waals surface area contributed by atoms with Crippen LogP contribution in [0.5, 0.6) is 0 Å². The first-order valence-corrected chi connectivity index (χ1v) is 9.02. The van der Waals surface area contributed by atoms with Gasteiger partial charge in [-0.25, -0.2) is 0 Å². The van der Waals surface area contributed by atoms with Crippen LogP contribution in [0.2, 0.25) is 0 Å². The summed E-state index contributed by atoms with van der Waals surface area (Å²) in [6.07, 6.45) is 1.52. The van der Waals surface area contributed by atoms with E-state index in [2.05, 4.69) is 38.7 Å². The monoisotopic (exact) mass is 556 g/mol. The third kappa shape index (κ3) is 9.05. The Morgan fingerprint density at radius 3 is 1.96 bits per heavy atom. The van der Waals surface area contributed by atoms with Gasteiger partial charge in [0.2, 0.25) is 0 Å². The molecule has 0 amide bonds. The van der Waals surface area contributed by atoms with E-state index in [0.29, 0.717) is 12.3 Å². The van der Waals surface area contributed by atoms with Crippen molar-refractivity contribution in [2.24, 2.45) is 0 Å². The Morgan fingerprint density at radius 2 is 1.59 bits per heavy atom. The van der Waals surface area contributed by atoms with Gasteiger partial charge in [-0.1, -0.05) is 27.7 Å². The van der Waals surface area contributed by atoms with E-state index in [0.717, 1.165) is 22.6 Å². The van der Waals surface area contributed by atoms with E-state index < -0.39 is 0 Å². The number of nitrogens with zero attached hydrogens (tertiary/aromatic N) is 2. The van der Waals surface area contributed by atoms with Gasteiger partial charge in [0.15, 0.2) is 0 Å². The van der Waals surface area contributed by atoms with Crippen LogP contribution in [0.3, 0.4) is 0 Å². The molecule has 2 rings (SSSR count). The number of hydrogen-bond donors (Lipinski definition) is 2. The van der Waals surface area contributed by atoms with E-state index in [1.165, 1.54) is 12.1 Å². The smallest absolute Gasteiger partial charge is 0.0596 e. The fourth-order valence-electron chi connectivity index (χ4n) is 2.35. The van der Waals surface area contributed by atoms with Crippen LogP contribution in [0.1, 0.15) is 71.2 Å². The quantitative estimate of drug-likeness (QED) is 0.534. The first kappa shape index (κ1) is 25.8. The average molecular weight is 557 g/mol. The minimum atomic E-state index is -0.375. The Morgan fingerprint density at radius 1 is 1.00 bits per heavy atom. The molecule has 27 heavy (non-hydrogen) atoms. The Hall–Kier alpha value is -1.16. The van der Waals surface area contributed by atoms with Crippen molar-refractivity contribution in [2.75, 3.05) is 0 Å². The number of benzene rings is 1. The summed E-state index contributed by atoms with van der Waals surface area (Å²) in [6, 6.07) is 7.37. The van der Waals surface area contributed by atoms with Gasteiger partial charge in [-0.2, -0.15) is 0 Å². The minimum Gasteiger partial charge on any atom is -0.393 e. The second kappa shape index (κ2) is 12.3. The molecule has 0 aliphatic rings. The van der Waals surface area contributed by atoms with E-state index in [-0.39, 0.29) is 45.0 Å². The second-order valence-electron chi connectivity index (χ2n) is 7.19. The Labute approximate surface area is 176 Å². The molecule has 1 aromatic carbocycles. The van der Waals surface area contributed by atoms with Crippen molar-refractivity contribution in [3.8, 4) is 11.3 Å². The van der Waals surface area contributed by atoms with Crippen molar-refractivity contribution >= 4 is 0 Å². The Kier molecular flexibility index (Phi) is 11.8. The summed E-state index contributed by atoms with van der Waals surface area (Å²) in [7, 11) is 0. The van der Waals surface area contributed by atoms with Crippen molar-refractivity contribution < 1.29 is 35.7 Å². The zero-order valence-corrected chi connectivity index (χ0v) is 19.1. The van der Waals surface area contributed by atoms with Gasteiger partial charge in [-0.05, 0) is 32.1 Å². The molecule has 2 N–H and O–H groups in total. The first-order chi connectivity index (χ1) is 12.1. The maximum absolute atomic E-state index is 13.0. The molecule has 6 heteroatoms. The topological polar surface area (TPSA) is 66.2 Å². The van der Waals surface area contributed by atoms with Crippen LogP contribution in [0.25, 0.3) is 11.3 Å². The number of aliphatic hydroxyl groups excluding tert-OH is 2. The van der Waals surface area contributed by atoms with Gasteiger partial charge in [0.25, 0.3) is 0 Å². The van der Waals surface area contributed by atoms with Crippen molar-refractivity contribution in [3.63, 3.8) is 0 Å². The predicted molar refractivity (Wildman–Crippen MR) is 102 cm³/mol. The summed E-state index contributed by atoms with van der Waals surface area (Å²) >= 11 is 0. The van der Waals surface area contributed by atoms with E-state index in [4.69, 9.17) is 15.2 Å². The normalized spacial score (nSPS) is 12.9. The largest absolute Gasteiger partial charge is 0.393 e. The van der Waals surface area contributed by atoms with Gasteiger partial charge in [-0.3, -0.25) is 9.37 Å². The van der Waals surface area contributed by atoms with Crippen molar-refractivity contribution in [2.45, 2.75) is 72.0 Å². The van der Waals surface area contributed by atoms with Gasteiger partial charge >= 0.3 is 0 Å². The molecule has 154 valence electrons. The molecule has 2 unspecified atom stereocenters. The molecule has 0 spiro atoms. The van der Waals surface area contributed by atoms with Crippen molar-refractivity contribution in [3.05, 3.63) is 47.7 Å². The maximum atomic E-state index is 13.0. The molecule has 2 aromatic rings. The number of rotatable bonds is 5. The minimum absolute atomic E-state index is 0. The molecular formula is C21H30FN2O2Pt-. The van der Waals surface area contributed by atoms with Gasteiger partial charge < -0.3 is 15.2 Å². The van der Waals surface area contributed by atoms with Crippen LogP contribution in [-0.4, -0.2) is 32.4 Å². The number of hydrogen-bond acceptors (Lipinski definition) is 4. The van der Waals surface area contributed by atoms with E-state index >= 15 is 0 Å². The molecule has 0 aliphatic carbocycles. The molecule has 0 saturated heterocycles. The molecule has 4 nitrogen and oxygen atoms in total. The van der Waals surface area contributed by atoms with Crippen molar-refractivity contribution in [1.29, 1.82) is 0 Å². The van der Waals surface area contributed by atoms with Crippen LogP contribution < -0.4 is 0 Å². The zero-order valence-electron chi connectivity index (χ0n) is 16.8. The fraction of sp³-hybridized carbons (Fsp3) is 0.524. The SMILES string of the molecule is CC(C)c1cnc(-c2[c-]cc(F)cc2)c(C(C)C)n1.CC(O)CC(C)O.[Pt]. The van der Waals surface area contributed by atoms with E-state index in [1.54, 1.807) is 26.1 Å². The third-order valence-electron chi connectivity index (χ3n) is 3.67. The number of halogens is 1. The molecule has 0 radical (unpaired) electrons. The Bertz CT molecular complexity index is 668. The molecule has 0 fully saturated rings. The van der Waals surface area contributed by atoms with Gasteiger partial charge in [0, 0.05) is 44.5 Å². The summed E-state index contributed by atoms with van der Waals surface area (Å²) in [6.45, 7) is 11.7. The van der Waals surface area contributed by atoms with Crippen LogP contribution in [0.15, 0.2) is 24.4 Å². The third-order valence-corrected chi connectivity index (χ3v) is 3.67. The van der Waals surface area contributed by atoms with E-state index in [1.807, 2.05) is 0 Å². The summed E-state index contributed by atoms with van der Waals surface area (Å²) in [4.78, 5) is 9.20. The molecular weight excluding hydrogens is 526 g/mol. The molecule has 0 bridgehead atoms. The summed E-state index contributed by atoms with van der Waals surface area (Å²) < 4.78 is 13.0. The maximum Gasteiger partial charge on any atom is 0.0596 e. The predicted octanol–water partition coefficient (Wildman–Crippen LogP) is 4.47. The number of aliphatic hydroxyl groups is 2. The average Bonchev–Trinajstić information content (AvgIpc) is 2.54. The van der Waals surface area contributed by atoms with Crippen LogP contribution in [0, 0.1) is 11.9 Å².